The Balaban J connectivity index is 1.92. The number of carbonyl (C=O) groups excluding carboxylic acids is 1. The van der Waals surface area contributed by atoms with E-state index in [0.717, 1.165) is 11.1 Å². The van der Waals surface area contributed by atoms with Crippen molar-refractivity contribution in [2.75, 3.05) is 5.32 Å². The Bertz CT molecular complexity index is 909. The van der Waals surface area contributed by atoms with Gasteiger partial charge in [-0.15, -0.1) is 11.3 Å². The molecule has 0 saturated carbocycles. The summed E-state index contributed by atoms with van der Waals surface area (Å²) in [5, 5.41) is 9.31. The molecule has 0 unspecified atom stereocenters. The summed E-state index contributed by atoms with van der Waals surface area (Å²) in [6.45, 7) is 3.72. The first-order valence-corrected chi connectivity index (χ1v) is 7.81. The van der Waals surface area contributed by atoms with Crippen LogP contribution in [0.3, 0.4) is 0 Å². The Morgan fingerprint density at radius 2 is 2.04 bits per heavy atom. The highest BCUT2D eigenvalue weighted by Gasteiger charge is 2.13. The second-order valence-corrected chi connectivity index (χ2v) is 5.91. The van der Waals surface area contributed by atoms with Crippen LogP contribution in [0.5, 0.6) is 0 Å². The molecule has 0 aliphatic heterocycles. The molecule has 3 aromatic rings. The first-order valence-electron chi connectivity index (χ1n) is 6.93. The zero-order chi connectivity index (χ0) is 16.4. The average molecular weight is 326 g/mol. The van der Waals surface area contributed by atoms with Gasteiger partial charge in [0.05, 0.1) is 16.9 Å². The number of aromatic nitrogens is 3. The molecule has 2 aromatic heterocycles. The SMILES string of the molecule is Cc1ccc(-c2ccc(=O)[nH]n2)cc1NC(=O)c1scnc1C. The van der Waals surface area contributed by atoms with E-state index in [1.165, 1.54) is 17.4 Å². The fourth-order valence-corrected chi connectivity index (χ4v) is 2.82. The fourth-order valence-electron chi connectivity index (χ4n) is 2.12. The van der Waals surface area contributed by atoms with Crippen molar-refractivity contribution in [1.82, 2.24) is 15.2 Å². The second kappa shape index (κ2) is 6.13. The molecule has 3 rings (SSSR count). The van der Waals surface area contributed by atoms with Crippen molar-refractivity contribution in [3.8, 4) is 11.3 Å². The van der Waals surface area contributed by atoms with Crippen LogP contribution in [-0.4, -0.2) is 21.1 Å². The largest absolute Gasteiger partial charge is 0.321 e. The Kier molecular flexibility index (Phi) is 4.03. The minimum Gasteiger partial charge on any atom is -0.321 e. The lowest BCUT2D eigenvalue weighted by Gasteiger charge is -2.10. The van der Waals surface area contributed by atoms with Gasteiger partial charge in [0, 0.05) is 17.3 Å². The monoisotopic (exact) mass is 326 g/mol. The lowest BCUT2D eigenvalue weighted by molar-refractivity contribution is 0.102. The Morgan fingerprint density at radius 3 is 2.70 bits per heavy atom. The standard InChI is InChI=1S/C16H14N4O2S/c1-9-3-4-11(12-5-6-14(21)20-19-12)7-13(9)18-16(22)15-10(2)17-8-23-15/h3-8H,1-2H3,(H,18,22)(H,20,21). The topological polar surface area (TPSA) is 87.7 Å². The third kappa shape index (κ3) is 3.19. The molecule has 7 heteroatoms. The van der Waals surface area contributed by atoms with E-state index in [1.807, 2.05) is 25.1 Å². The maximum atomic E-state index is 12.3. The van der Waals surface area contributed by atoms with Crippen LogP contribution in [0, 0.1) is 13.8 Å². The molecule has 116 valence electrons. The van der Waals surface area contributed by atoms with Gasteiger partial charge in [-0.05, 0) is 31.5 Å². The number of hydrogen-bond acceptors (Lipinski definition) is 5. The number of aromatic amines is 1. The highest BCUT2D eigenvalue weighted by Crippen LogP contribution is 2.24. The number of nitrogens with one attached hydrogen (secondary N) is 2. The van der Waals surface area contributed by atoms with E-state index >= 15 is 0 Å². The van der Waals surface area contributed by atoms with Crippen LogP contribution >= 0.6 is 11.3 Å². The predicted octanol–water partition coefficient (Wildman–Crippen LogP) is 2.76. The number of carbonyl (C=O) groups is 1. The molecular weight excluding hydrogens is 312 g/mol. The van der Waals surface area contributed by atoms with Crippen molar-refractivity contribution >= 4 is 22.9 Å². The number of hydrogen-bond donors (Lipinski definition) is 2. The molecule has 0 saturated heterocycles. The van der Waals surface area contributed by atoms with E-state index in [9.17, 15) is 9.59 Å². The van der Waals surface area contributed by atoms with Gasteiger partial charge in [-0.2, -0.15) is 5.10 Å². The number of thiazole rings is 1. The van der Waals surface area contributed by atoms with Gasteiger partial charge in [0.25, 0.3) is 11.5 Å². The van der Waals surface area contributed by atoms with E-state index in [1.54, 1.807) is 18.5 Å². The third-order valence-corrected chi connectivity index (χ3v) is 4.34. The summed E-state index contributed by atoms with van der Waals surface area (Å²) in [6.07, 6.45) is 0. The maximum Gasteiger partial charge on any atom is 0.267 e. The molecule has 0 atom stereocenters. The minimum absolute atomic E-state index is 0.181. The van der Waals surface area contributed by atoms with Crippen LogP contribution in [0.15, 0.2) is 40.6 Å². The van der Waals surface area contributed by atoms with Crippen molar-refractivity contribution < 1.29 is 4.79 Å². The molecule has 0 fully saturated rings. The summed E-state index contributed by atoms with van der Waals surface area (Å²) in [5.74, 6) is -0.181. The molecule has 2 heterocycles. The molecular formula is C16H14N4O2S. The Labute approximate surface area is 136 Å². The number of nitrogens with zero attached hydrogens (tertiary/aromatic N) is 2. The molecule has 0 bridgehead atoms. The maximum absolute atomic E-state index is 12.3. The number of aryl methyl sites for hydroxylation is 2. The van der Waals surface area contributed by atoms with Gasteiger partial charge >= 0.3 is 0 Å². The number of H-pyrrole nitrogens is 1. The van der Waals surface area contributed by atoms with Crippen molar-refractivity contribution in [3.05, 3.63) is 62.3 Å². The average Bonchev–Trinajstić information content (AvgIpc) is 2.96. The first kappa shape index (κ1) is 15.1. The Hall–Kier alpha value is -2.80. The van der Waals surface area contributed by atoms with Gasteiger partial charge < -0.3 is 5.32 Å². The zero-order valence-corrected chi connectivity index (χ0v) is 13.4. The van der Waals surface area contributed by atoms with Crippen LogP contribution in [-0.2, 0) is 0 Å². The smallest absolute Gasteiger partial charge is 0.267 e. The summed E-state index contributed by atoms with van der Waals surface area (Å²) in [6, 6.07) is 8.69. The van der Waals surface area contributed by atoms with E-state index in [-0.39, 0.29) is 11.5 Å². The number of anilines is 1. The van der Waals surface area contributed by atoms with E-state index in [0.29, 0.717) is 22.0 Å². The highest BCUT2D eigenvalue weighted by atomic mass is 32.1. The van der Waals surface area contributed by atoms with Crippen LogP contribution in [0.2, 0.25) is 0 Å². The van der Waals surface area contributed by atoms with Crippen molar-refractivity contribution in [3.63, 3.8) is 0 Å². The van der Waals surface area contributed by atoms with Crippen LogP contribution in [0.25, 0.3) is 11.3 Å². The molecule has 2 N–H and O–H groups in total. The molecule has 1 amide bonds. The number of benzene rings is 1. The summed E-state index contributed by atoms with van der Waals surface area (Å²) >= 11 is 1.31. The first-order chi connectivity index (χ1) is 11.0. The van der Waals surface area contributed by atoms with Crippen LogP contribution < -0.4 is 10.9 Å². The van der Waals surface area contributed by atoms with Crippen molar-refractivity contribution in [2.45, 2.75) is 13.8 Å². The quantitative estimate of drug-likeness (QED) is 0.774. The lowest BCUT2D eigenvalue weighted by atomic mass is 10.1. The Morgan fingerprint density at radius 1 is 1.22 bits per heavy atom. The van der Waals surface area contributed by atoms with Crippen molar-refractivity contribution in [2.24, 2.45) is 0 Å². The summed E-state index contributed by atoms with van der Waals surface area (Å²) in [4.78, 5) is 28.1. The summed E-state index contributed by atoms with van der Waals surface area (Å²) < 4.78 is 0. The van der Waals surface area contributed by atoms with Gasteiger partial charge in [-0.25, -0.2) is 10.1 Å². The molecule has 6 nitrogen and oxygen atoms in total. The van der Waals surface area contributed by atoms with E-state index in [2.05, 4.69) is 20.5 Å². The van der Waals surface area contributed by atoms with Gasteiger partial charge in [-0.3, -0.25) is 9.59 Å². The normalized spacial score (nSPS) is 10.5. The summed E-state index contributed by atoms with van der Waals surface area (Å²) in [7, 11) is 0. The second-order valence-electron chi connectivity index (χ2n) is 5.06. The van der Waals surface area contributed by atoms with E-state index < -0.39 is 0 Å². The lowest BCUT2D eigenvalue weighted by Crippen LogP contribution is -2.12. The van der Waals surface area contributed by atoms with Crippen LogP contribution in [0.1, 0.15) is 20.9 Å². The molecule has 0 spiro atoms. The third-order valence-electron chi connectivity index (χ3n) is 3.41. The molecule has 0 aliphatic rings. The van der Waals surface area contributed by atoms with E-state index in [4.69, 9.17) is 0 Å². The number of rotatable bonds is 3. The molecule has 23 heavy (non-hydrogen) atoms. The zero-order valence-electron chi connectivity index (χ0n) is 12.6. The highest BCUT2D eigenvalue weighted by molar-refractivity contribution is 7.12. The molecule has 0 aliphatic carbocycles. The van der Waals surface area contributed by atoms with Gasteiger partial charge in [0.1, 0.15) is 4.88 Å². The fraction of sp³-hybridized carbons (Fsp3) is 0.125. The van der Waals surface area contributed by atoms with Crippen molar-refractivity contribution in [1.29, 1.82) is 0 Å². The molecule has 1 aromatic carbocycles. The van der Waals surface area contributed by atoms with Gasteiger partial charge in [0.2, 0.25) is 0 Å². The van der Waals surface area contributed by atoms with Gasteiger partial charge in [-0.1, -0.05) is 12.1 Å². The minimum atomic E-state index is -0.255. The van der Waals surface area contributed by atoms with Crippen LogP contribution in [0.4, 0.5) is 5.69 Å². The summed E-state index contributed by atoms with van der Waals surface area (Å²) in [5.41, 5.74) is 5.19. The van der Waals surface area contributed by atoms with Gasteiger partial charge in [0.15, 0.2) is 0 Å². The molecule has 0 radical (unpaired) electrons. The predicted molar refractivity (Wildman–Crippen MR) is 89.8 cm³/mol. The number of amides is 1.